The summed E-state index contributed by atoms with van der Waals surface area (Å²) >= 11 is 18.3. The van der Waals surface area contributed by atoms with Gasteiger partial charge in [0.15, 0.2) is 5.75 Å². The van der Waals surface area contributed by atoms with Gasteiger partial charge in [0, 0.05) is 11.6 Å². The van der Waals surface area contributed by atoms with Crippen LogP contribution in [0.3, 0.4) is 0 Å². The molecule has 0 spiro atoms. The van der Waals surface area contributed by atoms with Gasteiger partial charge in [0.2, 0.25) is 0 Å². The minimum atomic E-state index is 0.438. The molecule has 27 heavy (non-hydrogen) atoms. The molecule has 0 N–H and O–H groups in total. The molecular weight excluding hydrogens is 403 g/mol. The molecule has 0 fully saturated rings. The van der Waals surface area contributed by atoms with Crippen LogP contribution in [0, 0.1) is 6.92 Å². The van der Waals surface area contributed by atoms with E-state index in [1.165, 1.54) is 0 Å². The van der Waals surface area contributed by atoms with Crippen LogP contribution in [0.4, 0.5) is 0 Å². The zero-order chi connectivity index (χ0) is 19.0. The molecule has 2 heterocycles. The van der Waals surface area contributed by atoms with E-state index in [9.17, 15) is 0 Å². The zero-order valence-corrected chi connectivity index (χ0v) is 16.5. The van der Waals surface area contributed by atoms with E-state index in [0.29, 0.717) is 26.6 Å². The molecule has 0 saturated heterocycles. The van der Waals surface area contributed by atoms with E-state index in [0.717, 1.165) is 27.9 Å². The van der Waals surface area contributed by atoms with E-state index in [2.05, 4.69) is 4.98 Å². The molecular formula is C21H13Cl3N2O. The summed E-state index contributed by atoms with van der Waals surface area (Å²) < 4.78 is 5.91. The molecule has 0 atom stereocenters. The van der Waals surface area contributed by atoms with E-state index in [1.807, 2.05) is 37.3 Å². The minimum Gasteiger partial charge on any atom is -0.454 e. The summed E-state index contributed by atoms with van der Waals surface area (Å²) in [6, 6.07) is 16.6. The Kier molecular flexibility index (Phi) is 4.92. The first-order valence-corrected chi connectivity index (χ1v) is 9.30. The highest BCUT2D eigenvalue weighted by Gasteiger charge is 2.11. The third-order valence-corrected chi connectivity index (χ3v) is 4.93. The number of hydrogen-bond acceptors (Lipinski definition) is 3. The van der Waals surface area contributed by atoms with Gasteiger partial charge < -0.3 is 4.74 Å². The molecule has 0 aliphatic heterocycles. The number of pyridine rings is 2. The van der Waals surface area contributed by atoms with Gasteiger partial charge in [-0.3, -0.25) is 4.98 Å². The molecule has 0 radical (unpaired) electrons. The fraction of sp³-hybridized carbons (Fsp3) is 0.0476. The van der Waals surface area contributed by atoms with E-state index >= 15 is 0 Å². The van der Waals surface area contributed by atoms with Crippen LogP contribution in [-0.2, 0) is 0 Å². The lowest BCUT2D eigenvalue weighted by Crippen LogP contribution is -1.92. The average molecular weight is 416 g/mol. The summed E-state index contributed by atoms with van der Waals surface area (Å²) in [4.78, 5) is 9.05. The van der Waals surface area contributed by atoms with Crippen LogP contribution in [0.5, 0.6) is 11.5 Å². The molecule has 0 amide bonds. The van der Waals surface area contributed by atoms with Crippen molar-refractivity contribution in [2.45, 2.75) is 6.92 Å². The predicted octanol–water partition coefficient (Wildman–Crippen LogP) is 7.36. The van der Waals surface area contributed by atoms with Gasteiger partial charge in [-0.25, -0.2) is 4.98 Å². The van der Waals surface area contributed by atoms with Gasteiger partial charge in [-0.05, 0) is 61.0 Å². The second-order valence-corrected chi connectivity index (χ2v) is 7.27. The van der Waals surface area contributed by atoms with Gasteiger partial charge in [0.05, 0.1) is 32.0 Å². The highest BCUT2D eigenvalue weighted by molar-refractivity contribution is 6.37. The Hall–Kier alpha value is -2.33. The Bertz CT molecular complexity index is 1120. The van der Waals surface area contributed by atoms with Crippen LogP contribution in [0.15, 0.2) is 60.8 Å². The van der Waals surface area contributed by atoms with E-state index in [1.54, 1.807) is 30.5 Å². The Morgan fingerprint density at radius 2 is 1.63 bits per heavy atom. The fourth-order valence-electron chi connectivity index (χ4n) is 2.79. The van der Waals surface area contributed by atoms with Crippen molar-refractivity contribution in [1.82, 2.24) is 9.97 Å². The van der Waals surface area contributed by atoms with Crippen molar-refractivity contribution < 1.29 is 4.74 Å². The maximum absolute atomic E-state index is 6.19. The lowest BCUT2D eigenvalue weighted by molar-refractivity contribution is 0.484. The molecule has 2 aromatic heterocycles. The van der Waals surface area contributed by atoms with E-state index in [4.69, 9.17) is 44.5 Å². The number of nitrogens with zero attached hydrogens (tertiary/aromatic N) is 2. The fourth-order valence-corrected chi connectivity index (χ4v) is 3.38. The number of aromatic nitrogens is 2. The first-order valence-electron chi connectivity index (χ1n) is 8.16. The molecule has 3 nitrogen and oxygen atoms in total. The summed E-state index contributed by atoms with van der Waals surface area (Å²) in [5.41, 5.74) is 3.47. The summed E-state index contributed by atoms with van der Waals surface area (Å²) in [5.74, 6) is 1.08. The smallest absolute Gasteiger partial charge is 0.164 e. The van der Waals surface area contributed by atoms with Crippen LogP contribution < -0.4 is 4.74 Å². The van der Waals surface area contributed by atoms with Crippen LogP contribution in [-0.4, -0.2) is 9.97 Å². The normalized spacial score (nSPS) is 11.0. The number of rotatable bonds is 3. The lowest BCUT2D eigenvalue weighted by Gasteiger charge is -2.11. The Morgan fingerprint density at radius 1 is 0.852 bits per heavy atom. The number of halogens is 3. The standard InChI is InChI=1S/C21H13Cl3N2O/c1-12-9-20(19-7-5-13(22)11-25-19)26-18-8-6-14(10-15(12)18)27-21-16(23)3-2-4-17(21)24/h2-11H,1H3. The predicted molar refractivity (Wildman–Crippen MR) is 111 cm³/mol. The molecule has 0 bridgehead atoms. The first kappa shape index (κ1) is 18.1. The number of aryl methyl sites for hydroxylation is 1. The molecule has 0 saturated carbocycles. The van der Waals surface area contributed by atoms with Gasteiger partial charge in [0.1, 0.15) is 5.75 Å². The number of benzene rings is 2. The Morgan fingerprint density at radius 3 is 2.33 bits per heavy atom. The van der Waals surface area contributed by atoms with Crippen molar-refractivity contribution >= 4 is 45.7 Å². The van der Waals surface area contributed by atoms with Crippen molar-refractivity contribution in [2.75, 3.05) is 0 Å². The number of para-hydroxylation sites is 1. The molecule has 6 heteroatoms. The zero-order valence-electron chi connectivity index (χ0n) is 14.2. The molecule has 2 aromatic carbocycles. The minimum absolute atomic E-state index is 0.438. The van der Waals surface area contributed by atoms with Crippen molar-refractivity contribution in [3.8, 4) is 22.9 Å². The van der Waals surface area contributed by atoms with Gasteiger partial charge in [-0.15, -0.1) is 0 Å². The van der Waals surface area contributed by atoms with Gasteiger partial charge in [-0.2, -0.15) is 0 Å². The summed E-state index contributed by atoms with van der Waals surface area (Å²) in [7, 11) is 0. The van der Waals surface area contributed by atoms with Crippen LogP contribution in [0.1, 0.15) is 5.56 Å². The maximum Gasteiger partial charge on any atom is 0.164 e. The van der Waals surface area contributed by atoms with Gasteiger partial charge in [-0.1, -0.05) is 40.9 Å². The average Bonchev–Trinajstić information content (AvgIpc) is 2.66. The van der Waals surface area contributed by atoms with Crippen LogP contribution in [0.2, 0.25) is 15.1 Å². The molecule has 0 aliphatic carbocycles. The second-order valence-electron chi connectivity index (χ2n) is 6.02. The van der Waals surface area contributed by atoms with Gasteiger partial charge >= 0.3 is 0 Å². The first-order chi connectivity index (χ1) is 13.0. The highest BCUT2D eigenvalue weighted by atomic mass is 35.5. The van der Waals surface area contributed by atoms with Gasteiger partial charge in [0.25, 0.3) is 0 Å². The van der Waals surface area contributed by atoms with Crippen molar-refractivity contribution in [2.24, 2.45) is 0 Å². The van der Waals surface area contributed by atoms with E-state index < -0.39 is 0 Å². The van der Waals surface area contributed by atoms with E-state index in [-0.39, 0.29) is 0 Å². The molecule has 4 aromatic rings. The third kappa shape index (κ3) is 3.72. The summed E-state index contributed by atoms with van der Waals surface area (Å²) in [5, 5.41) is 2.49. The van der Waals surface area contributed by atoms with Crippen molar-refractivity contribution in [3.63, 3.8) is 0 Å². The monoisotopic (exact) mass is 414 g/mol. The third-order valence-electron chi connectivity index (χ3n) is 4.12. The number of hydrogen-bond donors (Lipinski definition) is 0. The summed E-state index contributed by atoms with van der Waals surface area (Å²) in [6.07, 6.45) is 1.61. The molecule has 134 valence electrons. The number of ether oxygens (including phenoxy) is 1. The Labute approximate surface area is 171 Å². The molecule has 0 aliphatic rings. The highest BCUT2D eigenvalue weighted by Crippen LogP contribution is 2.37. The largest absolute Gasteiger partial charge is 0.454 e. The quantitative estimate of drug-likeness (QED) is 0.350. The molecule has 0 unspecified atom stereocenters. The molecule has 4 rings (SSSR count). The SMILES string of the molecule is Cc1cc(-c2ccc(Cl)cn2)nc2ccc(Oc3c(Cl)cccc3Cl)cc12. The van der Waals surface area contributed by atoms with Crippen molar-refractivity contribution in [3.05, 3.63) is 81.4 Å². The second kappa shape index (κ2) is 7.35. The Balaban J connectivity index is 1.74. The topological polar surface area (TPSA) is 35.0 Å². The number of fused-ring (bicyclic) bond motifs is 1. The summed E-state index contributed by atoms with van der Waals surface area (Å²) in [6.45, 7) is 2.02. The lowest BCUT2D eigenvalue weighted by atomic mass is 10.1. The van der Waals surface area contributed by atoms with Crippen LogP contribution in [0.25, 0.3) is 22.3 Å². The van der Waals surface area contributed by atoms with Crippen molar-refractivity contribution in [1.29, 1.82) is 0 Å². The van der Waals surface area contributed by atoms with Crippen LogP contribution >= 0.6 is 34.8 Å². The maximum atomic E-state index is 6.19.